The number of aromatic hydroxyl groups is 1. The van der Waals surface area contributed by atoms with Gasteiger partial charge in [-0.25, -0.2) is 4.79 Å². The highest BCUT2D eigenvalue weighted by molar-refractivity contribution is 5.76. The van der Waals surface area contributed by atoms with Gasteiger partial charge < -0.3 is 5.11 Å². The van der Waals surface area contributed by atoms with E-state index in [0.29, 0.717) is 35.1 Å². The highest BCUT2D eigenvalue weighted by atomic mass is 16.3. The van der Waals surface area contributed by atoms with Gasteiger partial charge in [-0.1, -0.05) is 26.0 Å². The van der Waals surface area contributed by atoms with E-state index in [2.05, 4.69) is 18.8 Å². The summed E-state index contributed by atoms with van der Waals surface area (Å²) in [5.74, 6) is 0.962. The molecule has 4 rings (SSSR count). The molecule has 28 heavy (non-hydrogen) atoms. The number of aryl methyl sites for hydroxylation is 2. The third kappa shape index (κ3) is 2.56. The largest absolute Gasteiger partial charge is 0.506 e. The third-order valence-corrected chi connectivity index (χ3v) is 5.08. The monoisotopic (exact) mass is 381 g/mol. The molecule has 0 radical (unpaired) electrons. The van der Waals surface area contributed by atoms with Crippen molar-refractivity contribution in [1.82, 2.24) is 23.1 Å². The Balaban J connectivity index is 2.07. The molecule has 8 heteroatoms. The van der Waals surface area contributed by atoms with Gasteiger partial charge in [-0.05, 0) is 31.4 Å². The normalized spacial score (nSPS) is 11.9. The number of fused-ring (bicyclic) bond motifs is 3. The van der Waals surface area contributed by atoms with E-state index < -0.39 is 0 Å². The molecule has 0 aliphatic carbocycles. The SMILES string of the molecule is Cc1cn2c3c(=O)n(CCC(C)C)c(=O)n(C)c3nc2n1-c1ccccc1O. The van der Waals surface area contributed by atoms with Crippen LogP contribution in [-0.4, -0.2) is 28.2 Å². The molecule has 0 aliphatic rings. The van der Waals surface area contributed by atoms with Crippen LogP contribution in [0.4, 0.5) is 0 Å². The van der Waals surface area contributed by atoms with Crippen LogP contribution in [0.5, 0.6) is 5.75 Å². The van der Waals surface area contributed by atoms with Crippen molar-refractivity contribution in [2.75, 3.05) is 0 Å². The first-order valence-corrected chi connectivity index (χ1v) is 9.29. The molecule has 0 spiro atoms. The minimum Gasteiger partial charge on any atom is -0.506 e. The standard InChI is InChI=1S/C20H23N5O3/c1-12(2)9-10-23-18(27)16-17(22(4)20(23)28)21-19-24(16)11-13(3)25(19)14-7-5-6-8-15(14)26/h5-8,11-12,26H,9-10H2,1-4H3. The van der Waals surface area contributed by atoms with Gasteiger partial charge in [0.2, 0.25) is 5.78 Å². The Morgan fingerprint density at radius 1 is 1.18 bits per heavy atom. The van der Waals surface area contributed by atoms with Crippen LogP contribution in [0.3, 0.4) is 0 Å². The van der Waals surface area contributed by atoms with E-state index in [1.807, 2.05) is 13.0 Å². The van der Waals surface area contributed by atoms with Gasteiger partial charge in [0, 0.05) is 25.5 Å². The second-order valence-corrected chi connectivity index (χ2v) is 7.53. The van der Waals surface area contributed by atoms with E-state index in [4.69, 9.17) is 0 Å². The number of benzene rings is 1. The summed E-state index contributed by atoms with van der Waals surface area (Å²) in [7, 11) is 1.62. The first kappa shape index (κ1) is 18.1. The zero-order valence-electron chi connectivity index (χ0n) is 16.4. The van der Waals surface area contributed by atoms with Crippen LogP contribution in [0.2, 0.25) is 0 Å². The fourth-order valence-corrected chi connectivity index (χ4v) is 3.55. The van der Waals surface area contributed by atoms with Crippen LogP contribution in [0.15, 0.2) is 40.1 Å². The van der Waals surface area contributed by atoms with Crippen LogP contribution in [0.25, 0.3) is 22.6 Å². The van der Waals surface area contributed by atoms with E-state index in [9.17, 15) is 14.7 Å². The molecule has 4 aromatic rings. The summed E-state index contributed by atoms with van der Waals surface area (Å²) in [6.07, 6.45) is 2.54. The number of hydrogen-bond acceptors (Lipinski definition) is 4. The molecule has 1 N–H and O–H groups in total. The molecule has 0 atom stereocenters. The van der Waals surface area contributed by atoms with Crippen molar-refractivity contribution in [3.8, 4) is 11.4 Å². The Morgan fingerprint density at radius 2 is 1.89 bits per heavy atom. The second kappa shape index (κ2) is 6.40. The highest BCUT2D eigenvalue weighted by Gasteiger charge is 2.21. The average molecular weight is 381 g/mol. The van der Waals surface area contributed by atoms with Crippen LogP contribution in [0, 0.1) is 12.8 Å². The number of imidazole rings is 2. The minimum atomic E-state index is -0.371. The summed E-state index contributed by atoms with van der Waals surface area (Å²) in [6.45, 7) is 6.36. The lowest BCUT2D eigenvalue weighted by atomic mass is 10.1. The fraction of sp³-hybridized carbons (Fsp3) is 0.350. The third-order valence-electron chi connectivity index (χ3n) is 5.08. The Kier molecular flexibility index (Phi) is 4.14. The van der Waals surface area contributed by atoms with Crippen molar-refractivity contribution >= 4 is 16.9 Å². The molecular weight excluding hydrogens is 358 g/mol. The number of nitrogens with zero attached hydrogens (tertiary/aromatic N) is 5. The van der Waals surface area contributed by atoms with Crippen molar-refractivity contribution in [3.05, 3.63) is 57.0 Å². The van der Waals surface area contributed by atoms with E-state index in [-0.39, 0.29) is 17.0 Å². The van der Waals surface area contributed by atoms with Gasteiger partial charge in [0.05, 0.1) is 5.69 Å². The molecule has 0 aliphatic heterocycles. The smallest absolute Gasteiger partial charge is 0.332 e. The van der Waals surface area contributed by atoms with Crippen LogP contribution in [-0.2, 0) is 13.6 Å². The number of phenols is 1. The molecule has 3 heterocycles. The quantitative estimate of drug-likeness (QED) is 0.587. The lowest BCUT2D eigenvalue weighted by Gasteiger charge is -2.09. The van der Waals surface area contributed by atoms with Gasteiger partial charge >= 0.3 is 5.69 Å². The van der Waals surface area contributed by atoms with Gasteiger partial charge in [-0.15, -0.1) is 0 Å². The molecule has 0 saturated heterocycles. The maximum Gasteiger partial charge on any atom is 0.332 e. The Morgan fingerprint density at radius 3 is 2.57 bits per heavy atom. The molecular formula is C20H23N5O3. The van der Waals surface area contributed by atoms with Gasteiger partial charge in [0.25, 0.3) is 5.56 Å². The van der Waals surface area contributed by atoms with E-state index >= 15 is 0 Å². The lowest BCUT2D eigenvalue weighted by Crippen LogP contribution is -2.39. The molecule has 0 fully saturated rings. The van der Waals surface area contributed by atoms with E-state index in [1.165, 1.54) is 9.13 Å². The topological polar surface area (TPSA) is 86.5 Å². The Labute approximate surface area is 160 Å². The van der Waals surface area contributed by atoms with Gasteiger partial charge in [-0.3, -0.25) is 22.9 Å². The van der Waals surface area contributed by atoms with E-state index in [1.54, 1.807) is 40.4 Å². The average Bonchev–Trinajstić information content (AvgIpc) is 3.15. The molecule has 0 bridgehead atoms. The van der Waals surface area contributed by atoms with Crippen molar-refractivity contribution < 1.29 is 5.11 Å². The molecule has 3 aromatic heterocycles. The number of hydrogen-bond donors (Lipinski definition) is 1. The Bertz CT molecular complexity index is 1320. The summed E-state index contributed by atoms with van der Waals surface area (Å²) >= 11 is 0. The second-order valence-electron chi connectivity index (χ2n) is 7.53. The van der Waals surface area contributed by atoms with Crippen LogP contribution >= 0.6 is 0 Å². The molecule has 1 aromatic carbocycles. The summed E-state index contributed by atoms with van der Waals surface area (Å²) in [6, 6.07) is 6.94. The zero-order chi connectivity index (χ0) is 20.2. The fourth-order valence-electron chi connectivity index (χ4n) is 3.55. The number of para-hydroxylation sites is 2. The maximum absolute atomic E-state index is 13.1. The van der Waals surface area contributed by atoms with Crippen molar-refractivity contribution in [3.63, 3.8) is 0 Å². The van der Waals surface area contributed by atoms with Crippen LogP contribution in [0.1, 0.15) is 26.0 Å². The first-order chi connectivity index (χ1) is 13.3. The molecule has 146 valence electrons. The predicted molar refractivity (Wildman–Crippen MR) is 107 cm³/mol. The molecule has 0 amide bonds. The summed E-state index contributed by atoms with van der Waals surface area (Å²) < 4.78 is 6.17. The van der Waals surface area contributed by atoms with Gasteiger partial charge in [0.1, 0.15) is 5.75 Å². The number of phenolic OH excluding ortho intramolecular Hbond substituents is 1. The molecule has 0 unspecified atom stereocenters. The van der Waals surface area contributed by atoms with E-state index in [0.717, 1.165) is 12.1 Å². The summed E-state index contributed by atoms with van der Waals surface area (Å²) in [5.41, 5.74) is 1.35. The lowest BCUT2D eigenvalue weighted by molar-refractivity contribution is 0.472. The minimum absolute atomic E-state index is 0.110. The Hall–Kier alpha value is -3.29. The molecule has 0 saturated carbocycles. The predicted octanol–water partition coefficient (Wildman–Crippen LogP) is 2.20. The van der Waals surface area contributed by atoms with Crippen LogP contribution < -0.4 is 11.2 Å². The summed E-state index contributed by atoms with van der Waals surface area (Å²) in [5, 5.41) is 10.3. The molecule has 8 nitrogen and oxygen atoms in total. The highest BCUT2D eigenvalue weighted by Crippen LogP contribution is 2.26. The summed E-state index contributed by atoms with van der Waals surface area (Å²) in [4.78, 5) is 30.4. The van der Waals surface area contributed by atoms with Gasteiger partial charge in [0.15, 0.2) is 11.2 Å². The zero-order valence-corrected chi connectivity index (χ0v) is 16.4. The first-order valence-electron chi connectivity index (χ1n) is 9.29. The van der Waals surface area contributed by atoms with Crippen molar-refractivity contribution in [2.24, 2.45) is 13.0 Å². The van der Waals surface area contributed by atoms with Gasteiger partial charge in [-0.2, -0.15) is 4.98 Å². The maximum atomic E-state index is 13.1. The number of aromatic nitrogens is 5. The number of rotatable bonds is 4. The van der Waals surface area contributed by atoms with Crippen molar-refractivity contribution in [1.29, 1.82) is 0 Å². The van der Waals surface area contributed by atoms with Crippen molar-refractivity contribution in [2.45, 2.75) is 33.7 Å².